The standard InChI is InChI=1S/C19H39N5O.HI/c1-7-20-19(22(6)15-18(25)23(8-2)9-3)21-13-17-11-10-12-24(14-17)16(4)5;/h16-17H,7-15H2,1-6H3,(H,20,21);1H. The van der Waals surface area contributed by atoms with Crippen LogP contribution in [0.2, 0.25) is 0 Å². The Kier molecular flexibility index (Phi) is 13.3. The zero-order chi connectivity index (χ0) is 18.8. The van der Waals surface area contributed by atoms with E-state index >= 15 is 0 Å². The zero-order valence-electron chi connectivity index (χ0n) is 17.6. The fourth-order valence-corrected chi connectivity index (χ4v) is 3.35. The van der Waals surface area contributed by atoms with E-state index in [9.17, 15) is 4.79 Å². The van der Waals surface area contributed by atoms with Crippen LogP contribution in [-0.2, 0) is 4.79 Å². The molecule has 0 bridgehead atoms. The minimum absolute atomic E-state index is 0. The van der Waals surface area contributed by atoms with E-state index in [4.69, 9.17) is 4.99 Å². The summed E-state index contributed by atoms with van der Waals surface area (Å²) in [6.45, 7) is 16.5. The van der Waals surface area contributed by atoms with Gasteiger partial charge in [-0.3, -0.25) is 9.79 Å². The molecule has 0 aromatic rings. The summed E-state index contributed by atoms with van der Waals surface area (Å²) in [7, 11) is 1.95. The smallest absolute Gasteiger partial charge is 0.242 e. The largest absolute Gasteiger partial charge is 0.357 e. The lowest BCUT2D eigenvalue weighted by Crippen LogP contribution is -2.46. The van der Waals surface area contributed by atoms with E-state index in [2.05, 4.69) is 31.0 Å². The van der Waals surface area contributed by atoms with Gasteiger partial charge < -0.3 is 20.0 Å². The number of likely N-dealkylation sites (N-methyl/N-ethyl adjacent to an activating group) is 2. The molecule has 1 unspecified atom stereocenters. The number of nitrogens with one attached hydrogen (secondary N) is 1. The quantitative estimate of drug-likeness (QED) is 0.329. The summed E-state index contributed by atoms with van der Waals surface area (Å²) in [5.41, 5.74) is 0. The van der Waals surface area contributed by atoms with Gasteiger partial charge in [-0.1, -0.05) is 0 Å². The maximum Gasteiger partial charge on any atom is 0.242 e. The number of halogens is 1. The van der Waals surface area contributed by atoms with Crippen LogP contribution in [0.3, 0.4) is 0 Å². The van der Waals surface area contributed by atoms with Crippen molar-refractivity contribution in [3.63, 3.8) is 0 Å². The van der Waals surface area contributed by atoms with Gasteiger partial charge in [-0.2, -0.15) is 0 Å². The second-order valence-corrected chi connectivity index (χ2v) is 7.21. The Hall–Kier alpha value is -0.570. The number of likely N-dealkylation sites (tertiary alicyclic amines) is 1. The topological polar surface area (TPSA) is 51.2 Å². The lowest BCUT2D eigenvalue weighted by atomic mass is 9.97. The van der Waals surface area contributed by atoms with Crippen LogP contribution in [0, 0.1) is 5.92 Å². The first-order valence-electron chi connectivity index (χ1n) is 9.94. The Labute approximate surface area is 177 Å². The highest BCUT2D eigenvalue weighted by atomic mass is 127. The predicted molar refractivity (Wildman–Crippen MR) is 121 cm³/mol. The van der Waals surface area contributed by atoms with Crippen LogP contribution < -0.4 is 5.32 Å². The van der Waals surface area contributed by atoms with Gasteiger partial charge in [0, 0.05) is 45.8 Å². The molecule has 6 nitrogen and oxygen atoms in total. The van der Waals surface area contributed by atoms with Crippen molar-refractivity contribution in [2.24, 2.45) is 10.9 Å². The summed E-state index contributed by atoms with van der Waals surface area (Å²) in [5, 5.41) is 3.33. The summed E-state index contributed by atoms with van der Waals surface area (Å²) in [6, 6.07) is 0.606. The molecule has 1 rings (SSSR count). The molecule has 0 radical (unpaired) electrons. The summed E-state index contributed by atoms with van der Waals surface area (Å²) in [5.74, 6) is 1.60. The van der Waals surface area contributed by atoms with E-state index in [0.717, 1.165) is 38.7 Å². The first-order chi connectivity index (χ1) is 11.9. The van der Waals surface area contributed by atoms with Gasteiger partial charge in [0.05, 0.1) is 6.54 Å². The van der Waals surface area contributed by atoms with Crippen LogP contribution in [0.5, 0.6) is 0 Å². The molecule has 0 aromatic heterocycles. The van der Waals surface area contributed by atoms with Gasteiger partial charge in [-0.25, -0.2) is 0 Å². The minimum Gasteiger partial charge on any atom is -0.357 e. The molecule has 1 aliphatic heterocycles. The monoisotopic (exact) mass is 481 g/mol. The van der Waals surface area contributed by atoms with Gasteiger partial charge >= 0.3 is 0 Å². The zero-order valence-corrected chi connectivity index (χ0v) is 20.0. The number of nitrogens with zero attached hydrogens (tertiary/aromatic N) is 4. The van der Waals surface area contributed by atoms with Gasteiger partial charge in [-0.15, -0.1) is 24.0 Å². The molecule has 0 aromatic carbocycles. The maximum absolute atomic E-state index is 12.3. The normalized spacial score (nSPS) is 18.4. The minimum atomic E-state index is 0. The van der Waals surface area contributed by atoms with Gasteiger partial charge in [-0.05, 0) is 59.9 Å². The molecule has 1 N–H and O–H groups in total. The fourth-order valence-electron chi connectivity index (χ4n) is 3.35. The number of hydrogen-bond acceptors (Lipinski definition) is 3. The van der Waals surface area contributed by atoms with Crippen LogP contribution in [0.1, 0.15) is 47.5 Å². The number of aliphatic imine (C=N–C) groups is 1. The van der Waals surface area contributed by atoms with Crippen LogP contribution in [0.15, 0.2) is 4.99 Å². The summed E-state index contributed by atoms with van der Waals surface area (Å²) < 4.78 is 0. The van der Waals surface area contributed by atoms with Crippen LogP contribution in [-0.4, -0.2) is 85.5 Å². The van der Waals surface area contributed by atoms with Crippen molar-refractivity contribution in [3.05, 3.63) is 0 Å². The lowest BCUT2D eigenvalue weighted by Gasteiger charge is -2.35. The number of hydrogen-bond donors (Lipinski definition) is 1. The van der Waals surface area contributed by atoms with Gasteiger partial charge in [0.1, 0.15) is 0 Å². The Balaban J connectivity index is 0.00000625. The van der Waals surface area contributed by atoms with Crippen LogP contribution in [0.4, 0.5) is 0 Å². The third-order valence-electron chi connectivity index (χ3n) is 4.96. The molecule has 0 aliphatic carbocycles. The molecule has 1 heterocycles. The SMILES string of the molecule is CCNC(=NCC1CCCN(C(C)C)C1)N(C)CC(=O)N(CC)CC.I. The average Bonchev–Trinajstić information content (AvgIpc) is 2.59. The molecule has 26 heavy (non-hydrogen) atoms. The highest BCUT2D eigenvalue weighted by Crippen LogP contribution is 2.18. The van der Waals surface area contributed by atoms with E-state index in [1.807, 2.05) is 30.7 Å². The number of amides is 1. The lowest BCUT2D eigenvalue weighted by molar-refractivity contribution is -0.131. The maximum atomic E-state index is 12.3. The van der Waals surface area contributed by atoms with Crippen molar-refractivity contribution >= 4 is 35.8 Å². The van der Waals surface area contributed by atoms with Crippen molar-refractivity contribution in [1.29, 1.82) is 0 Å². The Bertz CT molecular complexity index is 426. The van der Waals surface area contributed by atoms with Crippen molar-refractivity contribution in [1.82, 2.24) is 20.0 Å². The van der Waals surface area contributed by atoms with E-state index in [0.29, 0.717) is 18.5 Å². The van der Waals surface area contributed by atoms with E-state index in [1.54, 1.807) is 0 Å². The molecule has 1 fully saturated rings. The van der Waals surface area contributed by atoms with Crippen LogP contribution in [0.25, 0.3) is 0 Å². The molecular weight excluding hydrogens is 441 g/mol. The Morgan fingerprint density at radius 1 is 1.27 bits per heavy atom. The van der Waals surface area contributed by atoms with Crippen molar-refractivity contribution in [3.8, 4) is 0 Å². The molecule has 7 heteroatoms. The average molecular weight is 481 g/mol. The second kappa shape index (κ2) is 13.6. The predicted octanol–water partition coefficient (Wildman–Crippen LogP) is 2.49. The highest BCUT2D eigenvalue weighted by Gasteiger charge is 2.22. The Morgan fingerprint density at radius 3 is 2.46 bits per heavy atom. The fraction of sp³-hybridized carbons (Fsp3) is 0.895. The number of guanidine groups is 1. The van der Waals surface area contributed by atoms with Gasteiger partial charge in [0.25, 0.3) is 0 Å². The molecule has 1 atom stereocenters. The summed E-state index contributed by atoms with van der Waals surface area (Å²) >= 11 is 0. The van der Waals surface area contributed by atoms with Crippen LogP contribution >= 0.6 is 24.0 Å². The molecule has 1 saturated heterocycles. The number of piperidine rings is 1. The second-order valence-electron chi connectivity index (χ2n) is 7.21. The Morgan fingerprint density at radius 2 is 1.92 bits per heavy atom. The van der Waals surface area contributed by atoms with Gasteiger partial charge in [0.15, 0.2) is 5.96 Å². The number of rotatable bonds is 8. The molecule has 154 valence electrons. The van der Waals surface area contributed by atoms with E-state index in [-0.39, 0.29) is 29.9 Å². The molecule has 1 amide bonds. The first kappa shape index (κ1) is 25.4. The first-order valence-corrected chi connectivity index (χ1v) is 9.94. The molecular formula is C19H40IN5O. The third-order valence-corrected chi connectivity index (χ3v) is 4.96. The summed E-state index contributed by atoms with van der Waals surface area (Å²) in [6.07, 6.45) is 2.50. The van der Waals surface area contributed by atoms with Crippen molar-refractivity contribution in [2.45, 2.75) is 53.5 Å². The highest BCUT2D eigenvalue weighted by molar-refractivity contribution is 14.0. The molecule has 1 aliphatic rings. The third kappa shape index (κ3) is 8.41. The van der Waals surface area contributed by atoms with Gasteiger partial charge in [0.2, 0.25) is 5.91 Å². The van der Waals surface area contributed by atoms with E-state index < -0.39 is 0 Å². The molecule has 0 spiro atoms. The van der Waals surface area contributed by atoms with E-state index in [1.165, 1.54) is 19.4 Å². The molecule has 0 saturated carbocycles. The number of carbonyl (C=O) groups excluding carboxylic acids is 1. The van der Waals surface area contributed by atoms with Crippen molar-refractivity contribution < 1.29 is 4.79 Å². The van der Waals surface area contributed by atoms with Crippen molar-refractivity contribution in [2.75, 3.05) is 52.9 Å². The number of carbonyl (C=O) groups is 1. The summed E-state index contributed by atoms with van der Waals surface area (Å²) in [4.78, 5) is 23.5.